The molecule has 0 saturated heterocycles. The van der Waals surface area contributed by atoms with Crippen molar-refractivity contribution < 1.29 is 28.4 Å². The number of rotatable bonds is 12. The number of methoxy groups -OCH3 is 4. The number of hydrogen-bond donors (Lipinski definition) is 1. The first-order chi connectivity index (χ1) is 20.7. The summed E-state index contributed by atoms with van der Waals surface area (Å²) in [6, 6.07) is 19.1. The topological polar surface area (TPSA) is 110 Å². The van der Waals surface area contributed by atoms with Gasteiger partial charge >= 0.3 is 0 Å². The van der Waals surface area contributed by atoms with Gasteiger partial charge in [0.1, 0.15) is 5.60 Å². The Balaban J connectivity index is 2.10. The number of halogens is 1. The van der Waals surface area contributed by atoms with E-state index in [4.69, 9.17) is 18.9 Å². The van der Waals surface area contributed by atoms with Gasteiger partial charge < -0.3 is 29.0 Å². The lowest BCUT2D eigenvalue weighted by Gasteiger charge is -2.39. The molecule has 1 N–H and O–H groups in total. The minimum atomic E-state index is -1.77. The van der Waals surface area contributed by atoms with Gasteiger partial charge in [0.25, 0.3) is 0 Å². The molecule has 0 fully saturated rings. The summed E-state index contributed by atoms with van der Waals surface area (Å²) in [4.78, 5) is 10.8. The van der Waals surface area contributed by atoms with Crippen molar-refractivity contribution in [2.24, 2.45) is 0 Å². The SMILES string of the molecule is COc1cc(C(O)(CCN(C)C)C(c2cc(-c3cccc(C#N)c3)cnc2OC)c2cccc(OC)c2F)cc(OC)n1. The van der Waals surface area contributed by atoms with E-state index in [1.54, 1.807) is 48.7 Å². The van der Waals surface area contributed by atoms with Crippen LogP contribution in [0.1, 0.15) is 34.6 Å². The second kappa shape index (κ2) is 13.5. The van der Waals surface area contributed by atoms with Gasteiger partial charge in [0, 0.05) is 41.6 Å². The molecule has 0 saturated carbocycles. The van der Waals surface area contributed by atoms with Crippen molar-refractivity contribution in [3.05, 3.63) is 94.9 Å². The number of pyridine rings is 2. The molecule has 0 amide bonds. The molecule has 0 aliphatic heterocycles. The van der Waals surface area contributed by atoms with Gasteiger partial charge in [-0.1, -0.05) is 24.3 Å². The first-order valence-electron chi connectivity index (χ1n) is 13.5. The number of ether oxygens (including phenoxy) is 4. The van der Waals surface area contributed by atoms with Gasteiger partial charge in [0.2, 0.25) is 17.6 Å². The molecule has 224 valence electrons. The maximum atomic E-state index is 16.3. The van der Waals surface area contributed by atoms with Crippen LogP contribution in [0.25, 0.3) is 11.1 Å². The predicted molar refractivity (Wildman–Crippen MR) is 160 cm³/mol. The maximum absolute atomic E-state index is 16.3. The molecule has 4 aromatic rings. The first-order valence-corrected chi connectivity index (χ1v) is 13.5. The summed E-state index contributed by atoms with van der Waals surface area (Å²) in [7, 11) is 9.57. The number of aliphatic hydroxyl groups is 1. The zero-order chi connectivity index (χ0) is 31.1. The summed E-state index contributed by atoms with van der Waals surface area (Å²) in [6.07, 6.45) is 1.78. The minimum absolute atomic E-state index is 0.0205. The summed E-state index contributed by atoms with van der Waals surface area (Å²) in [6.45, 7) is 0.436. The quantitative estimate of drug-likeness (QED) is 0.241. The van der Waals surface area contributed by atoms with Gasteiger partial charge in [-0.15, -0.1) is 0 Å². The fraction of sp³-hybridized carbons (Fsp3) is 0.303. The van der Waals surface area contributed by atoms with Crippen molar-refractivity contribution in [1.29, 1.82) is 5.26 Å². The van der Waals surface area contributed by atoms with Crippen molar-refractivity contribution in [1.82, 2.24) is 14.9 Å². The lowest BCUT2D eigenvalue weighted by molar-refractivity contribution is 0.00229. The van der Waals surface area contributed by atoms with Gasteiger partial charge in [-0.25, -0.2) is 9.37 Å². The molecule has 2 unspecified atom stereocenters. The number of benzene rings is 2. The highest BCUT2D eigenvalue weighted by atomic mass is 19.1. The van der Waals surface area contributed by atoms with Crippen molar-refractivity contribution in [3.63, 3.8) is 0 Å². The largest absolute Gasteiger partial charge is 0.494 e. The van der Waals surface area contributed by atoms with E-state index in [1.165, 1.54) is 34.5 Å². The van der Waals surface area contributed by atoms with Gasteiger partial charge in [-0.05, 0) is 55.9 Å². The van der Waals surface area contributed by atoms with E-state index < -0.39 is 17.3 Å². The third kappa shape index (κ3) is 6.53. The fourth-order valence-electron chi connectivity index (χ4n) is 5.15. The van der Waals surface area contributed by atoms with Crippen LogP contribution in [0.5, 0.6) is 23.4 Å². The average Bonchev–Trinajstić information content (AvgIpc) is 3.04. The molecule has 0 radical (unpaired) electrons. The molecule has 2 aromatic carbocycles. The first kappa shape index (κ1) is 31.2. The third-order valence-corrected chi connectivity index (χ3v) is 7.35. The molecule has 0 spiro atoms. The molecular formula is C33H35FN4O5. The van der Waals surface area contributed by atoms with Crippen LogP contribution in [0.2, 0.25) is 0 Å². The normalized spacial score (nSPS) is 13.1. The van der Waals surface area contributed by atoms with E-state index in [0.717, 1.165) is 5.56 Å². The lowest BCUT2D eigenvalue weighted by Crippen LogP contribution is -2.38. The van der Waals surface area contributed by atoms with Crippen LogP contribution in [0.4, 0.5) is 4.39 Å². The Hall–Kier alpha value is -4.72. The van der Waals surface area contributed by atoms with E-state index in [2.05, 4.69) is 16.0 Å². The monoisotopic (exact) mass is 586 g/mol. The van der Waals surface area contributed by atoms with E-state index in [-0.39, 0.29) is 35.4 Å². The average molecular weight is 587 g/mol. The van der Waals surface area contributed by atoms with Crippen molar-refractivity contribution in [2.75, 3.05) is 49.1 Å². The summed E-state index contributed by atoms with van der Waals surface area (Å²) in [5, 5.41) is 22.5. The van der Waals surface area contributed by atoms with E-state index >= 15 is 4.39 Å². The Morgan fingerprint density at radius 2 is 1.60 bits per heavy atom. The highest BCUT2D eigenvalue weighted by Crippen LogP contribution is 2.49. The number of aromatic nitrogens is 2. The van der Waals surface area contributed by atoms with Crippen LogP contribution in [-0.4, -0.2) is 69.1 Å². The van der Waals surface area contributed by atoms with Gasteiger partial charge in [0.05, 0.1) is 46.0 Å². The van der Waals surface area contributed by atoms with E-state index in [1.807, 2.05) is 31.1 Å². The molecule has 2 heterocycles. The summed E-state index contributed by atoms with van der Waals surface area (Å²) in [5.74, 6) is -1.05. The standard InChI is InChI=1S/C33H35FN4O5/c1-38(2)14-13-33(39,24-17-28(41-4)37-29(18-24)42-5)30(25-11-8-12-27(40-3)31(25)34)26-16-23(20-36-32(26)43-6)22-10-7-9-21(15-22)19-35/h7-12,15-18,20,30,39H,13-14H2,1-6H3. The molecule has 4 rings (SSSR count). The Morgan fingerprint density at radius 1 is 0.907 bits per heavy atom. The van der Waals surface area contributed by atoms with Crippen LogP contribution in [0.3, 0.4) is 0 Å². The lowest BCUT2D eigenvalue weighted by atomic mass is 9.71. The molecule has 0 aliphatic rings. The van der Waals surface area contributed by atoms with Crippen molar-refractivity contribution in [2.45, 2.75) is 17.9 Å². The number of nitrogens with zero attached hydrogens (tertiary/aromatic N) is 4. The van der Waals surface area contributed by atoms with E-state index in [0.29, 0.717) is 28.8 Å². The summed E-state index contributed by atoms with van der Waals surface area (Å²) >= 11 is 0. The summed E-state index contributed by atoms with van der Waals surface area (Å²) < 4.78 is 38.3. The Kier molecular flexibility index (Phi) is 9.80. The van der Waals surface area contributed by atoms with Gasteiger partial charge in [-0.2, -0.15) is 10.2 Å². The zero-order valence-corrected chi connectivity index (χ0v) is 25.1. The number of hydrogen-bond acceptors (Lipinski definition) is 9. The molecule has 10 heteroatoms. The second-order valence-electron chi connectivity index (χ2n) is 10.2. The maximum Gasteiger partial charge on any atom is 0.217 e. The Labute approximate surface area is 251 Å². The predicted octanol–water partition coefficient (Wildman–Crippen LogP) is 5.16. The molecule has 0 aliphatic carbocycles. The van der Waals surface area contributed by atoms with Crippen molar-refractivity contribution >= 4 is 0 Å². The highest BCUT2D eigenvalue weighted by Gasteiger charge is 2.44. The summed E-state index contributed by atoms with van der Waals surface area (Å²) in [5.41, 5.74) is 1.06. The van der Waals surface area contributed by atoms with Crippen molar-refractivity contribution in [3.8, 4) is 40.6 Å². The fourth-order valence-corrected chi connectivity index (χ4v) is 5.15. The van der Waals surface area contributed by atoms with Crippen LogP contribution in [0, 0.1) is 17.1 Å². The molecule has 43 heavy (non-hydrogen) atoms. The van der Waals surface area contributed by atoms with Crippen LogP contribution >= 0.6 is 0 Å². The molecular weight excluding hydrogens is 551 g/mol. The van der Waals surface area contributed by atoms with Crippen LogP contribution in [0.15, 0.2) is 66.9 Å². The van der Waals surface area contributed by atoms with Crippen LogP contribution < -0.4 is 18.9 Å². The Bertz CT molecular complexity index is 1600. The number of nitriles is 1. The molecule has 9 nitrogen and oxygen atoms in total. The second-order valence-corrected chi connectivity index (χ2v) is 10.2. The highest BCUT2D eigenvalue weighted by molar-refractivity contribution is 5.67. The Morgan fingerprint density at radius 3 is 2.21 bits per heavy atom. The molecule has 2 atom stereocenters. The smallest absolute Gasteiger partial charge is 0.217 e. The zero-order valence-electron chi connectivity index (χ0n) is 25.1. The van der Waals surface area contributed by atoms with Gasteiger partial charge in [0.15, 0.2) is 11.6 Å². The molecule has 0 bridgehead atoms. The third-order valence-electron chi connectivity index (χ3n) is 7.35. The minimum Gasteiger partial charge on any atom is -0.494 e. The van der Waals surface area contributed by atoms with E-state index in [9.17, 15) is 10.4 Å². The molecule has 2 aromatic heterocycles. The van der Waals surface area contributed by atoms with Gasteiger partial charge in [-0.3, -0.25) is 0 Å². The van der Waals surface area contributed by atoms with Crippen LogP contribution in [-0.2, 0) is 5.60 Å².